The average Bonchev–Trinajstić information content (AvgIpc) is 2.27. The topological polar surface area (TPSA) is 37.3 Å². The Morgan fingerprint density at radius 2 is 2.00 bits per heavy atom. The third-order valence-corrected chi connectivity index (χ3v) is 3.08. The van der Waals surface area contributed by atoms with Crippen molar-refractivity contribution in [1.29, 1.82) is 0 Å². The van der Waals surface area contributed by atoms with Gasteiger partial charge in [-0.15, -0.1) is 11.8 Å². The number of benzene rings is 1. The first-order chi connectivity index (χ1) is 7.07. The van der Waals surface area contributed by atoms with E-state index in [1.165, 1.54) is 11.8 Å². The van der Waals surface area contributed by atoms with Crippen molar-refractivity contribution in [3.8, 4) is 0 Å². The van der Waals surface area contributed by atoms with Gasteiger partial charge in [0.25, 0.3) is 0 Å². The maximum absolute atomic E-state index is 10.5. The lowest BCUT2D eigenvalue weighted by Crippen LogP contribution is -2.26. The summed E-state index contributed by atoms with van der Waals surface area (Å²) in [7, 11) is 0. The zero-order chi connectivity index (χ0) is 11.3. The van der Waals surface area contributed by atoms with E-state index in [9.17, 15) is 9.90 Å². The maximum atomic E-state index is 10.5. The predicted octanol–water partition coefficient (Wildman–Crippen LogP) is 2.29. The predicted molar refractivity (Wildman–Crippen MR) is 63.2 cm³/mol. The van der Waals surface area contributed by atoms with Gasteiger partial charge < -0.3 is 9.90 Å². The minimum absolute atomic E-state index is 0.467. The van der Waals surface area contributed by atoms with E-state index in [0.29, 0.717) is 12.7 Å². The van der Waals surface area contributed by atoms with Crippen molar-refractivity contribution < 1.29 is 9.90 Å². The molecule has 0 aliphatic carbocycles. The molecule has 0 aliphatic heterocycles. The highest BCUT2D eigenvalue weighted by atomic mass is 32.2. The van der Waals surface area contributed by atoms with Crippen molar-refractivity contribution in [3.63, 3.8) is 0 Å². The fourth-order valence-electron chi connectivity index (χ4n) is 1.25. The van der Waals surface area contributed by atoms with Gasteiger partial charge in [0.15, 0.2) is 6.29 Å². The molecule has 0 amide bonds. The smallest absolute Gasteiger partial charge is 0.151 e. The van der Waals surface area contributed by atoms with Crippen LogP contribution in [-0.4, -0.2) is 23.2 Å². The Labute approximate surface area is 94.7 Å². The summed E-state index contributed by atoms with van der Waals surface area (Å²) in [6.07, 6.45) is 3.82. The van der Waals surface area contributed by atoms with E-state index >= 15 is 0 Å². The van der Waals surface area contributed by atoms with Crippen LogP contribution in [0.5, 0.6) is 0 Å². The van der Waals surface area contributed by atoms with Crippen molar-refractivity contribution >= 4 is 18.0 Å². The minimum Gasteiger partial charge on any atom is -0.383 e. The highest BCUT2D eigenvalue weighted by Gasteiger charge is 2.18. The van der Waals surface area contributed by atoms with E-state index in [2.05, 4.69) is 12.1 Å². The van der Waals surface area contributed by atoms with Crippen molar-refractivity contribution in [2.24, 2.45) is 0 Å². The fraction of sp³-hybridized carbons (Fsp3) is 0.417. The fourth-order valence-corrected chi connectivity index (χ4v) is 1.66. The van der Waals surface area contributed by atoms with Crippen molar-refractivity contribution in [1.82, 2.24) is 0 Å². The molecule has 0 saturated heterocycles. The van der Waals surface area contributed by atoms with Crippen LogP contribution >= 0.6 is 11.8 Å². The van der Waals surface area contributed by atoms with Crippen LogP contribution in [0.2, 0.25) is 0 Å². The van der Waals surface area contributed by atoms with E-state index in [0.717, 1.165) is 12.0 Å². The van der Waals surface area contributed by atoms with Gasteiger partial charge in [0.1, 0.15) is 5.60 Å². The molecule has 2 nitrogen and oxygen atoms in total. The highest BCUT2D eigenvalue weighted by molar-refractivity contribution is 7.98. The molecule has 1 rings (SSSR count). The zero-order valence-electron chi connectivity index (χ0n) is 9.06. The summed E-state index contributed by atoms with van der Waals surface area (Å²) in [4.78, 5) is 11.7. The summed E-state index contributed by atoms with van der Waals surface area (Å²) in [6, 6.07) is 8.17. The van der Waals surface area contributed by atoms with Gasteiger partial charge in [-0.3, -0.25) is 0 Å². The second kappa shape index (κ2) is 5.33. The number of carbonyl (C=O) groups is 1. The van der Waals surface area contributed by atoms with Crippen LogP contribution in [0.1, 0.15) is 18.9 Å². The largest absolute Gasteiger partial charge is 0.383 e. The maximum Gasteiger partial charge on any atom is 0.151 e. The average molecular weight is 224 g/mol. The molecule has 0 spiro atoms. The van der Waals surface area contributed by atoms with Gasteiger partial charge in [-0.25, -0.2) is 0 Å². The molecule has 0 aliphatic rings. The second-order valence-corrected chi connectivity index (χ2v) is 4.70. The van der Waals surface area contributed by atoms with Crippen molar-refractivity contribution in [2.75, 3.05) is 6.26 Å². The summed E-state index contributed by atoms with van der Waals surface area (Å²) in [5, 5.41) is 9.51. The molecule has 1 N–H and O–H groups in total. The molecular weight excluding hydrogens is 208 g/mol. The third-order valence-electron chi connectivity index (χ3n) is 2.33. The van der Waals surface area contributed by atoms with Gasteiger partial charge in [-0.05, 0) is 43.7 Å². The van der Waals surface area contributed by atoms with Gasteiger partial charge in [0, 0.05) is 4.90 Å². The number of aryl methyl sites for hydroxylation is 1. The molecule has 82 valence electrons. The van der Waals surface area contributed by atoms with Crippen LogP contribution in [-0.2, 0) is 11.2 Å². The van der Waals surface area contributed by atoms with E-state index < -0.39 is 5.60 Å². The Hall–Kier alpha value is -0.800. The number of hydrogen-bond acceptors (Lipinski definition) is 3. The number of hydrogen-bond donors (Lipinski definition) is 1. The summed E-state index contributed by atoms with van der Waals surface area (Å²) >= 11 is 1.70. The van der Waals surface area contributed by atoms with Crippen molar-refractivity contribution in [3.05, 3.63) is 29.8 Å². The van der Waals surface area contributed by atoms with Gasteiger partial charge in [0.05, 0.1) is 0 Å². The van der Waals surface area contributed by atoms with E-state index in [1.807, 2.05) is 18.4 Å². The molecule has 0 heterocycles. The highest BCUT2D eigenvalue weighted by Crippen LogP contribution is 2.17. The Morgan fingerprint density at radius 3 is 2.47 bits per heavy atom. The molecule has 1 aromatic carbocycles. The molecule has 0 saturated carbocycles. The lowest BCUT2D eigenvalue weighted by Gasteiger charge is -2.14. The quantitative estimate of drug-likeness (QED) is 0.616. The van der Waals surface area contributed by atoms with Crippen LogP contribution < -0.4 is 0 Å². The Morgan fingerprint density at radius 1 is 1.40 bits per heavy atom. The van der Waals surface area contributed by atoms with E-state index in [4.69, 9.17) is 0 Å². The Bertz CT molecular complexity index is 317. The number of carbonyl (C=O) groups excluding carboxylic acids is 1. The number of thioether (sulfide) groups is 1. The molecular formula is C12H16O2S. The normalized spacial score (nSPS) is 14.6. The van der Waals surface area contributed by atoms with Crippen LogP contribution in [0.25, 0.3) is 0 Å². The van der Waals surface area contributed by atoms with Crippen LogP contribution in [0.15, 0.2) is 29.2 Å². The summed E-state index contributed by atoms with van der Waals surface area (Å²) < 4.78 is 0. The Kier molecular flexibility index (Phi) is 4.36. The van der Waals surface area contributed by atoms with Gasteiger partial charge >= 0.3 is 0 Å². The minimum atomic E-state index is -1.20. The molecule has 0 bridgehead atoms. The summed E-state index contributed by atoms with van der Waals surface area (Å²) in [5.41, 5.74) is -0.0482. The second-order valence-electron chi connectivity index (χ2n) is 3.82. The van der Waals surface area contributed by atoms with Gasteiger partial charge in [0.2, 0.25) is 0 Å². The Balaban J connectivity index is 2.54. The molecule has 3 heteroatoms. The van der Waals surface area contributed by atoms with Crippen molar-refractivity contribution in [2.45, 2.75) is 30.3 Å². The molecule has 0 fully saturated rings. The van der Waals surface area contributed by atoms with Crippen LogP contribution in [0, 0.1) is 0 Å². The molecule has 0 radical (unpaired) electrons. The molecule has 1 aromatic rings. The van der Waals surface area contributed by atoms with Gasteiger partial charge in [-0.2, -0.15) is 0 Å². The first-order valence-corrected chi connectivity index (χ1v) is 6.11. The molecule has 0 aromatic heterocycles. The number of rotatable bonds is 5. The van der Waals surface area contributed by atoms with E-state index in [-0.39, 0.29) is 0 Å². The molecule has 1 atom stereocenters. The summed E-state index contributed by atoms with van der Waals surface area (Å²) in [5.74, 6) is 0. The first kappa shape index (κ1) is 12.3. The zero-order valence-corrected chi connectivity index (χ0v) is 9.88. The monoisotopic (exact) mass is 224 g/mol. The third kappa shape index (κ3) is 4.06. The number of aliphatic hydroxyl groups is 1. The lowest BCUT2D eigenvalue weighted by atomic mass is 9.98. The lowest BCUT2D eigenvalue weighted by molar-refractivity contribution is -0.122. The molecule has 15 heavy (non-hydrogen) atoms. The number of aldehydes is 1. The van der Waals surface area contributed by atoms with Crippen LogP contribution in [0.3, 0.4) is 0 Å². The van der Waals surface area contributed by atoms with Crippen LogP contribution in [0.4, 0.5) is 0 Å². The van der Waals surface area contributed by atoms with Gasteiger partial charge in [-0.1, -0.05) is 12.1 Å². The first-order valence-electron chi connectivity index (χ1n) is 4.89. The SMILES string of the molecule is CSc1ccc(CCC(C)(O)C=O)cc1. The summed E-state index contributed by atoms with van der Waals surface area (Å²) in [6.45, 7) is 1.54. The standard InChI is InChI=1S/C12H16O2S/c1-12(14,9-13)8-7-10-3-5-11(15-2)6-4-10/h3-6,9,14H,7-8H2,1-2H3. The van der Waals surface area contributed by atoms with E-state index in [1.54, 1.807) is 11.8 Å². The molecule has 1 unspecified atom stereocenters.